The zero-order valence-electron chi connectivity index (χ0n) is 19.5. The quantitative estimate of drug-likeness (QED) is 0.673. The number of sulfonamides is 1. The van der Waals surface area contributed by atoms with Crippen LogP contribution in [0.25, 0.3) is 0 Å². The van der Waals surface area contributed by atoms with E-state index in [1.165, 1.54) is 28.6 Å². The van der Waals surface area contributed by atoms with Gasteiger partial charge in [0.25, 0.3) is 5.91 Å². The van der Waals surface area contributed by atoms with E-state index in [0.717, 1.165) is 5.56 Å². The molecule has 4 rings (SSSR count). The molecule has 2 saturated heterocycles. The second kappa shape index (κ2) is 10.1. The average molecular weight is 491 g/mol. The van der Waals surface area contributed by atoms with Crippen LogP contribution >= 0.6 is 0 Å². The number of carbonyl (C=O) groups excluding carboxylic acids is 1. The van der Waals surface area contributed by atoms with Crippen LogP contribution < -0.4 is 5.32 Å². The number of rotatable bonds is 6. The van der Waals surface area contributed by atoms with Gasteiger partial charge >= 0.3 is 0 Å². The lowest BCUT2D eigenvalue weighted by Crippen LogP contribution is -2.48. The van der Waals surface area contributed by atoms with E-state index in [1.54, 1.807) is 24.3 Å². The molecule has 0 radical (unpaired) electrons. The van der Waals surface area contributed by atoms with E-state index in [1.807, 2.05) is 13.8 Å². The van der Waals surface area contributed by atoms with E-state index in [9.17, 15) is 17.6 Å². The van der Waals surface area contributed by atoms with Crippen molar-refractivity contribution in [1.82, 2.24) is 9.62 Å². The first-order valence-electron chi connectivity index (χ1n) is 11.6. The number of hydrogen-bond donors (Lipinski definition) is 1. The van der Waals surface area contributed by atoms with E-state index >= 15 is 0 Å². The Morgan fingerprint density at radius 2 is 1.74 bits per heavy atom. The van der Waals surface area contributed by atoms with Gasteiger partial charge in [0.15, 0.2) is 0 Å². The fourth-order valence-electron chi connectivity index (χ4n) is 4.76. The van der Waals surface area contributed by atoms with Crippen LogP contribution in [0.3, 0.4) is 0 Å². The van der Waals surface area contributed by atoms with Crippen molar-refractivity contribution in [2.45, 2.75) is 49.2 Å². The van der Waals surface area contributed by atoms with Crippen LogP contribution in [0.2, 0.25) is 0 Å². The molecule has 1 amide bonds. The highest BCUT2D eigenvalue weighted by atomic mass is 32.2. The van der Waals surface area contributed by atoms with E-state index in [4.69, 9.17) is 9.47 Å². The summed E-state index contributed by atoms with van der Waals surface area (Å²) < 4.78 is 52.5. The van der Waals surface area contributed by atoms with Crippen molar-refractivity contribution in [1.29, 1.82) is 0 Å². The average Bonchev–Trinajstić information content (AvgIpc) is 2.83. The predicted octanol–water partition coefficient (Wildman–Crippen LogP) is 3.10. The Bertz CT molecular complexity index is 1110. The minimum Gasteiger partial charge on any atom is -0.381 e. The van der Waals surface area contributed by atoms with Gasteiger partial charge in [-0.25, -0.2) is 12.8 Å². The number of halogens is 1. The van der Waals surface area contributed by atoms with Crippen LogP contribution in [-0.4, -0.2) is 63.7 Å². The molecule has 2 unspecified atom stereocenters. The summed E-state index contributed by atoms with van der Waals surface area (Å²) in [7, 11) is -3.76. The largest absolute Gasteiger partial charge is 0.381 e. The minimum absolute atomic E-state index is 0.0840. The maximum atomic E-state index is 13.5. The van der Waals surface area contributed by atoms with E-state index in [0.29, 0.717) is 32.6 Å². The summed E-state index contributed by atoms with van der Waals surface area (Å²) in [6.07, 6.45) is 0.987. The Morgan fingerprint density at radius 1 is 1.09 bits per heavy atom. The topological polar surface area (TPSA) is 84.9 Å². The van der Waals surface area contributed by atoms with Gasteiger partial charge in [0.2, 0.25) is 10.0 Å². The molecule has 0 aromatic heterocycles. The van der Waals surface area contributed by atoms with Gasteiger partial charge < -0.3 is 14.8 Å². The number of hydrogen-bond acceptors (Lipinski definition) is 5. The minimum atomic E-state index is -3.76. The Hall–Kier alpha value is -2.33. The summed E-state index contributed by atoms with van der Waals surface area (Å²) in [5, 5.41) is 2.98. The van der Waals surface area contributed by atoms with Crippen LogP contribution in [0.1, 0.15) is 42.6 Å². The fraction of sp³-hybridized carbons (Fsp3) is 0.480. The van der Waals surface area contributed by atoms with Gasteiger partial charge in [0.05, 0.1) is 17.1 Å². The third kappa shape index (κ3) is 5.33. The molecule has 0 aliphatic carbocycles. The molecular formula is C25H31FN2O5S. The van der Waals surface area contributed by atoms with Gasteiger partial charge in [-0.15, -0.1) is 0 Å². The Kier molecular flexibility index (Phi) is 7.37. The number of morpholine rings is 1. The number of nitrogens with one attached hydrogen (secondary N) is 1. The summed E-state index contributed by atoms with van der Waals surface area (Å²) >= 11 is 0. The summed E-state index contributed by atoms with van der Waals surface area (Å²) in [5.41, 5.74) is 0.854. The molecule has 0 spiro atoms. The van der Waals surface area contributed by atoms with Gasteiger partial charge in [-0.3, -0.25) is 4.79 Å². The maximum Gasteiger partial charge on any atom is 0.251 e. The molecule has 2 aromatic carbocycles. The smallest absolute Gasteiger partial charge is 0.251 e. The molecule has 0 bridgehead atoms. The van der Waals surface area contributed by atoms with Crippen molar-refractivity contribution >= 4 is 15.9 Å². The molecule has 1 N–H and O–H groups in total. The van der Waals surface area contributed by atoms with Crippen LogP contribution in [-0.2, 0) is 24.9 Å². The Labute approximate surface area is 200 Å². The zero-order valence-corrected chi connectivity index (χ0v) is 20.3. The van der Waals surface area contributed by atoms with Crippen molar-refractivity contribution in [3.63, 3.8) is 0 Å². The van der Waals surface area contributed by atoms with Gasteiger partial charge in [-0.05, 0) is 62.6 Å². The lowest BCUT2D eigenvalue weighted by Gasteiger charge is -2.38. The van der Waals surface area contributed by atoms with Crippen LogP contribution in [0.15, 0.2) is 53.4 Å². The van der Waals surface area contributed by atoms with Crippen molar-refractivity contribution in [3.8, 4) is 0 Å². The second-order valence-corrected chi connectivity index (χ2v) is 11.1. The normalized spacial score (nSPS) is 23.4. The number of nitrogens with zero attached hydrogens (tertiary/aromatic N) is 1. The molecule has 2 aromatic rings. The van der Waals surface area contributed by atoms with Crippen molar-refractivity contribution in [3.05, 3.63) is 65.5 Å². The van der Waals surface area contributed by atoms with Gasteiger partial charge in [-0.1, -0.05) is 18.2 Å². The molecule has 2 heterocycles. The van der Waals surface area contributed by atoms with Crippen molar-refractivity contribution in [2.75, 3.05) is 32.8 Å². The highest BCUT2D eigenvalue weighted by Crippen LogP contribution is 2.34. The fourth-order valence-corrected chi connectivity index (χ4v) is 6.40. The molecule has 34 heavy (non-hydrogen) atoms. The maximum absolute atomic E-state index is 13.5. The first-order valence-corrected chi connectivity index (χ1v) is 13.0. The van der Waals surface area contributed by atoms with E-state index < -0.39 is 10.0 Å². The molecule has 2 fully saturated rings. The first-order chi connectivity index (χ1) is 16.2. The third-order valence-electron chi connectivity index (χ3n) is 6.61. The van der Waals surface area contributed by atoms with E-state index in [2.05, 4.69) is 5.32 Å². The molecule has 184 valence electrons. The van der Waals surface area contributed by atoms with Gasteiger partial charge in [0.1, 0.15) is 5.82 Å². The lowest BCUT2D eigenvalue weighted by molar-refractivity contribution is -0.0440. The molecule has 2 atom stereocenters. The third-order valence-corrected chi connectivity index (χ3v) is 8.44. The molecule has 2 aliphatic rings. The molecule has 0 saturated carbocycles. The number of carbonyl (C=O) groups is 1. The van der Waals surface area contributed by atoms with Crippen molar-refractivity contribution in [2.24, 2.45) is 0 Å². The second-order valence-electron chi connectivity index (χ2n) is 9.19. The summed E-state index contributed by atoms with van der Waals surface area (Å²) in [6.45, 7) is 5.67. The lowest BCUT2D eigenvalue weighted by atomic mass is 9.74. The zero-order chi connectivity index (χ0) is 24.3. The molecule has 2 aliphatic heterocycles. The number of benzene rings is 2. The Balaban J connectivity index is 1.51. The number of ether oxygens (including phenoxy) is 2. The standard InChI is InChI=1S/C25H31FN2O5S/c1-18-15-28(16-19(2)33-18)34(30,31)23-5-3-4-20(14-23)24(29)27-17-25(10-12-32-13-11-25)21-6-8-22(26)9-7-21/h3-9,14,18-19H,10-13,15-17H2,1-2H3,(H,27,29). The molecule has 9 heteroatoms. The highest BCUT2D eigenvalue weighted by molar-refractivity contribution is 7.89. The van der Waals surface area contributed by atoms with Crippen LogP contribution in [0, 0.1) is 5.82 Å². The highest BCUT2D eigenvalue weighted by Gasteiger charge is 2.35. The first kappa shape index (κ1) is 24.8. The van der Waals surface area contributed by atoms with Crippen LogP contribution in [0.5, 0.6) is 0 Å². The molecular weight excluding hydrogens is 459 g/mol. The monoisotopic (exact) mass is 490 g/mol. The SMILES string of the molecule is CC1CN(S(=O)(=O)c2cccc(C(=O)NCC3(c4ccc(F)cc4)CCOCC3)c2)CC(C)O1. The summed E-state index contributed by atoms with van der Waals surface area (Å²) in [6, 6.07) is 12.5. The van der Waals surface area contributed by atoms with Gasteiger partial charge in [-0.2, -0.15) is 4.31 Å². The summed E-state index contributed by atoms with van der Waals surface area (Å²) in [5.74, 6) is -0.661. The predicted molar refractivity (Wildman–Crippen MR) is 126 cm³/mol. The van der Waals surface area contributed by atoms with Crippen molar-refractivity contribution < 1.29 is 27.1 Å². The van der Waals surface area contributed by atoms with Crippen LogP contribution in [0.4, 0.5) is 4.39 Å². The number of amides is 1. The van der Waals surface area contributed by atoms with Gasteiger partial charge in [0, 0.05) is 43.8 Å². The summed E-state index contributed by atoms with van der Waals surface area (Å²) in [4.78, 5) is 13.1. The Morgan fingerprint density at radius 3 is 2.38 bits per heavy atom. The van der Waals surface area contributed by atoms with E-state index in [-0.39, 0.29) is 52.9 Å². The molecule has 7 nitrogen and oxygen atoms in total.